The van der Waals surface area contributed by atoms with Crippen LogP contribution in [0.1, 0.15) is 19.3 Å². The first-order chi connectivity index (χ1) is 15.0. The molecule has 0 spiro atoms. The van der Waals surface area contributed by atoms with Crippen molar-refractivity contribution in [1.82, 2.24) is 10.6 Å². The fraction of sp³-hybridized carbons (Fsp3) is 0.571. The second kappa shape index (κ2) is 11.1. The number of benzene rings is 1. The maximum Gasteiger partial charge on any atom is 0.323 e. The van der Waals surface area contributed by atoms with Crippen LogP contribution >= 0.6 is 0 Å². The first-order valence-corrected chi connectivity index (χ1v) is 10.5. The third-order valence-electron chi connectivity index (χ3n) is 5.53. The van der Waals surface area contributed by atoms with E-state index < -0.39 is 36.5 Å². The first kappa shape index (κ1) is 23.0. The van der Waals surface area contributed by atoms with Crippen molar-refractivity contribution in [3.63, 3.8) is 0 Å². The zero-order valence-corrected chi connectivity index (χ0v) is 17.3. The number of carboxylic acids is 2. The average molecular weight is 435 g/mol. The Hall–Kier alpha value is -2.69. The number of hydrogen-bond donors (Lipinski definition) is 4. The zero-order chi connectivity index (χ0) is 22.2. The third kappa shape index (κ3) is 6.39. The number of ether oxygens (including phenoxy) is 2. The molecule has 4 N–H and O–H groups in total. The van der Waals surface area contributed by atoms with Gasteiger partial charge in [-0.25, -0.2) is 0 Å². The molecule has 0 saturated carbocycles. The minimum absolute atomic E-state index is 0.101. The number of carboxylic acid groups (broad SMARTS) is 2. The number of carbonyl (C=O) groups excluding carboxylic acids is 1. The Labute approximate surface area is 180 Å². The normalized spacial score (nSPS) is 20.5. The van der Waals surface area contributed by atoms with E-state index in [4.69, 9.17) is 9.47 Å². The number of aliphatic carboxylic acids is 2. The van der Waals surface area contributed by atoms with Crippen LogP contribution in [0, 0.1) is 5.92 Å². The van der Waals surface area contributed by atoms with Crippen LogP contribution in [0.3, 0.4) is 0 Å². The lowest BCUT2D eigenvalue weighted by Gasteiger charge is -2.26. The number of nitrogens with one attached hydrogen (secondary N) is 2. The van der Waals surface area contributed by atoms with Crippen LogP contribution in [0.25, 0.3) is 0 Å². The van der Waals surface area contributed by atoms with Crippen molar-refractivity contribution in [1.29, 1.82) is 0 Å². The fourth-order valence-corrected chi connectivity index (χ4v) is 3.83. The Balaban J connectivity index is 1.60. The molecule has 0 aromatic heterocycles. The Morgan fingerprint density at radius 2 is 2.00 bits per heavy atom. The van der Waals surface area contributed by atoms with Crippen LogP contribution in [0.5, 0.6) is 5.75 Å². The number of nitrogens with zero attached hydrogens (tertiary/aromatic N) is 1. The van der Waals surface area contributed by atoms with E-state index in [1.807, 2.05) is 0 Å². The molecule has 0 aliphatic carbocycles. The summed E-state index contributed by atoms with van der Waals surface area (Å²) in [7, 11) is 0. The molecule has 2 aliphatic heterocycles. The first-order valence-electron chi connectivity index (χ1n) is 10.5. The van der Waals surface area contributed by atoms with E-state index in [-0.39, 0.29) is 13.2 Å². The van der Waals surface area contributed by atoms with Crippen LogP contribution in [-0.4, -0.2) is 79.6 Å². The quantitative estimate of drug-likeness (QED) is 0.383. The summed E-state index contributed by atoms with van der Waals surface area (Å²) in [6.45, 7) is 1.65. The van der Waals surface area contributed by atoms with Crippen LogP contribution in [0.4, 0.5) is 5.69 Å². The molecule has 1 aromatic carbocycles. The highest BCUT2D eigenvalue weighted by atomic mass is 16.5. The number of fused-ring (bicyclic) bond motifs is 1. The van der Waals surface area contributed by atoms with Gasteiger partial charge in [0.15, 0.2) is 0 Å². The summed E-state index contributed by atoms with van der Waals surface area (Å²) in [5.41, 5.74) is 0.337. The summed E-state index contributed by atoms with van der Waals surface area (Å²) < 4.78 is 11.3. The predicted octanol–water partition coefficient (Wildman–Crippen LogP) is 0.314. The van der Waals surface area contributed by atoms with E-state index >= 15 is 0 Å². The van der Waals surface area contributed by atoms with Gasteiger partial charge in [0.2, 0.25) is 5.91 Å². The molecule has 31 heavy (non-hydrogen) atoms. The fourth-order valence-electron chi connectivity index (χ4n) is 3.83. The summed E-state index contributed by atoms with van der Waals surface area (Å²) >= 11 is 0. The highest BCUT2D eigenvalue weighted by Crippen LogP contribution is 2.31. The van der Waals surface area contributed by atoms with Crippen molar-refractivity contribution in [3.05, 3.63) is 24.3 Å². The Morgan fingerprint density at radius 3 is 2.71 bits per heavy atom. The van der Waals surface area contributed by atoms with Gasteiger partial charge in [-0.3, -0.25) is 24.6 Å². The second-order valence-electron chi connectivity index (χ2n) is 7.76. The molecule has 0 unspecified atom stereocenters. The predicted molar refractivity (Wildman–Crippen MR) is 111 cm³/mol. The topological polar surface area (TPSA) is 137 Å². The molecule has 10 nitrogen and oxygen atoms in total. The number of piperidine rings is 1. The molecule has 2 atom stereocenters. The van der Waals surface area contributed by atoms with Crippen molar-refractivity contribution >= 4 is 23.5 Å². The largest absolute Gasteiger partial charge is 0.489 e. The van der Waals surface area contributed by atoms with Crippen molar-refractivity contribution in [3.8, 4) is 5.75 Å². The highest BCUT2D eigenvalue weighted by molar-refractivity contribution is 6.02. The molecule has 170 valence electrons. The van der Waals surface area contributed by atoms with Crippen molar-refractivity contribution in [2.24, 2.45) is 5.92 Å². The molecule has 10 heteroatoms. The minimum atomic E-state index is -1.18. The molecular weight excluding hydrogens is 406 g/mol. The van der Waals surface area contributed by atoms with Gasteiger partial charge in [0.25, 0.3) is 0 Å². The molecule has 2 heterocycles. The molecule has 1 fully saturated rings. The molecule has 0 radical (unpaired) electrons. The standard InChI is InChI=1S/C21H29N3O7/c25-19(26)11-24-17-3-1-2-4-18(17)31-13-15(20(24)27)23-16(21(28)29)12-30-10-7-14-5-8-22-9-6-14/h1-4,14-16,22-23H,5-13H2,(H,25,26)(H,28,29)/t15-,16-/m0/s1. The molecule has 0 bridgehead atoms. The van der Waals surface area contributed by atoms with E-state index in [0.29, 0.717) is 24.0 Å². The van der Waals surface area contributed by atoms with E-state index in [1.165, 1.54) is 0 Å². The molecule has 1 saturated heterocycles. The van der Waals surface area contributed by atoms with Gasteiger partial charge in [0.1, 0.15) is 31.0 Å². The highest BCUT2D eigenvalue weighted by Gasteiger charge is 2.35. The molecule has 1 amide bonds. The van der Waals surface area contributed by atoms with Gasteiger partial charge in [-0.05, 0) is 50.4 Å². The van der Waals surface area contributed by atoms with E-state index in [1.54, 1.807) is 24.3 Å². The number of para-hydroxylation sites is 2. The maximum atomic E-state index is 13.0. The van der Waals surface area contributed by atoms with Crippen LogP contribution < -0.4 is 20.3 Å². The number of carbonyl (C=O) groups is 3. The van der Waals surface area contributed by atoms with Gasteiger partial charge in [-0.1, -0.05) is 12.1 Å². The van der Waals surface area contributed by atoms with Crippen molar-refractivity contribution < 1.29 is 34.1 Å². The van der Waals surface area contributed by atoms with E-state index in [9.17, 15) is 24.6 Å². The van der Waals surface area contributed by atoms with Crippen LogP contribution in [0.15, 0.2) is 24.3 Å². The second-order valence-corrected chi connectivity index (χ2v) is 7.76. The summed E-state index contributed by atoms with van der Waals surface area (Å²) in [6, 6.07) is 4.47. The SMILES string of the molecule is O=C(O)CN1C(=O)[C@@H](N[C@@H](COCCC2CCNCC2)C(=O)O)COc2ccccc21. The lowest BCUT2D eigenvalue weighted by atomic mass is 9.95. The lowest BCUT2D eigenvalue weighted by molar-refractivity contribution is -0.142. The van der Waals surface area contributed by atoms with Gasteiger partial charge >= 0.3 is 11.9 Å². The summed E-state index contributed by atoms with van der Waals surface area (Å²) in [5, 5.41) is 24.9. The molecule has 2 aliphatic rings. The molecule has 3 rings (SSSR count). The Bertz CT molecular complexity index is 782. The lowest BCUT2D eigenvalue weighted by Crippen LogP contribution is -2.55. The number of rotatable bonds is 10. The van der Waals surface area contributed by atoms with Gasteiger partial charge in [0, 0.05) is 6.61 Å². The van der Waals surface area contributed by atoms with Crippen LogP contribution in [-0.2, 0) is 19.1 Å². The van der Waals surface area contributed by atoms with Crippen molar-refractivity contribution in [2.45, 2.75) is 31.3 Å². The zero-order valence-electron chi connectivity index (χ0n) is 17.3. The maximum absolute atomic E-state index is 13.0. The Morgan fingerprint density at radius 1 is 1.26 bits per heavy atom. The van der Waals surface area contributed by atoms with E-state index in [0.717, 1.165) is 37.3 Å². The third-order valence-corrected chi connectivity index (χ3v) is 5.53. The summed E-state index contributed by atoms with van der Waals surface area (Å²) in [6.07, 6.45) is 3.02. The molecule has 1 aromatic rings. The van der Waals surface area contributed by atoms with Crippen LogP contribution in [0.2, 0.25) is 0 Å². The smallest absolute Gasteiger partial charge is 0.323 e. The van der Waals surface area contributed by atoms with Gasteiger partial charge in [-0.15, -0.1) is 0 Å². The molecular formula is C21H29N3O7. The van der Waals surface area contributed by atoms with Crippen molar-refractivity contribution in [2.75, 3.05) is 44.4 Å². The average Bonchev–Trinajstić information content (AvgIpc) is 2.88. The monoisotopic (exact) mass is 435 g/mol. The Kier molecular flexibility index (Phi) is 8.21. The number of amides is 1. The van der Waals surface area contributed by atoms with E-state index in [2.05, 4.69) is 10.6 Å². The number of anilines is 1. The van der Waals surface area contributed by atoms with Gasteiger partial charge < -0.3 is 25.0 Å². The minimum Gasteiger partial charge on any atom is -0.489 e. The number of hydrogen-bond acceptors (Lipinski definition) is 7. The summed E-state index contributed by atoms with van der Waals surface area (Å²) in [5.74, 6) is -1.96. The van der Waals surface area contributed by atoms with Gasteiger partial charge in [-0.2, -0.15) is 0 Å². The van der Waals surface area contributed by atoms with Gasteiger partial charge in [0.05, 0.1) is 12.3 Å². The summed E-state index contributed by atoms with van der Waals surface area (Å²) in [4.78, 5) is 37.1.